The maximum Gasteiger partial charge on any atom is 0.311 e. The van der Waals surface area contributed by atoms with Crippen LogP contribution >= 0.6 is 0 Å². The number of ether oxygens (including phenoxy) is 1. The van der Waals surface area contributed by atoms with E-state index in [-0.39, 0.29) is 11.5 Å². The van der Waals surface area contributed by atoms with Gasteiger partial charge in [-0.2, -0.15) is 0 Å². The van der Waals surface area contributed by atoms with E-state index in [0.29, 0.717) is 19.0 Å². The third kappa shape index (κ3) is 5.06. The van der Waals surface area contributed by atoms with E-state index in [1.54, 1.807) is 13.2 Å². The van der Waals surface area contributed by atoms with Crippen LogP contribution in [0.5, 0.6) is 0 Å². The van der Waals surface area contributed by atoms with E-state index in [9.17, 15) is 10.1 Å². The van der Waals surface area contributed by atoms with Crippen LogP contribution in [0.15, 0.2) is 12.1 Å². The molecule has 0 spiro atoms. The van der Waals surface area contributed by atoms with Gasteiger partial charge in [-0.1, -0.05) is 0 Å². The molecule has 0 aliphatic rings. The molecular weight excluding hydrogens is 250 g/mol. The molecule has 8 heteroatoms. The second-order valence-corrected chi connectivity index (χ2v) is 4.08. The standard InChI is InChI=1S/C11H19N5O3/c1-15(7-8-19-2)6-5-13-10-4-3-9(16(17)18)11(12)14-10/h3-4H,5-8H2,1-2H3,(H3,12,13,14). The van der Waals surface area contributed by atoms with Crippen molar-refractivity contribution in [2.24, 2.45) is 0 Å². The molecule has 0 saturated heterocycles. The first-order chi connectivity index (χ1) is 9.04. The Morgan fingerprint density at radius 1 is 1.53 bits per heavy atom. The summed E-state index contributed by atoms with van der Waals surface area (Å²) in [5.41, 5.74) is 5.32. The number of nitrogens with zero attached hydrogens (tertiary/aromatic N) is 3. The number of nitrogens with two attached hydrogens (primary N) is 1. The minimum absolute atomic E-state index is 0.0808. The normalized spacial score (nSPS) is 10.7. The van der Waals surface area contributed by atoms with Crippen molar-refractivity contribution in [2.75, 3.05) is 51.4 Å². The number of anilines is 2. The second kappa shape index (κ2) is 7.49. The highest BCUT2D eigenvalue weighted by atomic mass is 16.6. The lowest BCUT2D eigenvalue weighted by atomic mass is 10.3. The van der Waals surface area contributed by atoms with Crippen LogP contribution in [0, 0.1) is 10.1 Å². The average molecular weight is 269 g/mol. The molecule has 0 bridgehead atoms. The Bertz CT molecular complexity index is 427. The first-order valence-corrected chi connectivity index (χ1v) is 5.87. The summed E-state index contributed by atoms with van der Waals surface area (Å²) in [6.07, 6.45) is 0. The van der Waals surface area contributed by atoms with Gasteiger partial charge in [0.1, 0.15) is 5.82 Å². The Kier molecular flexibility index (Phi) is 5.97. The van der Waals surface area contributed by atoms with Crippen LogP contribution in [0.2, 0.25) is 0 Å². The summed E-state index contributed by atoms with van der Waals surface area (Å²) in [5, 5.41) is 13.6. The lowest BCUT2D eigenvalue weighted by molar-refractivity contribution is -0.384. The SMILES string of the molecule is COCCN(C)CCNc1ccc([N+](=O)[O-])c(N)n1. The van der Waals surface area contributed by atoms with Gasteiger partial charge in [0.15, 0.2) is 0 Å². The van der Waals surface area contributed by atoms with Crippen molar-refractivity contribution >= 4 is 17.3 Å². The highest BCUT2D eigenvalue weighted by Gasteiger charge is 2.12. The van der Waals surface area contributed by atoms with Crippen LogP contribution in [0.1, 0.15) is 0 Å². The summed E-state index contributed by atoms with van der Waals surface area (Å²) in [6, 6.07) is 2.89. The van der Waals surface area contributed by atoms with Crippen molar-refractivity contribution in [3.05, 3.63) is 22.2 Å². The molecule has 0 atom stereocenters. The smallest absolute Gasteiger partial charge is 0.311 e. The number of likely N-dealkylation sites (N-methyl/N-ethyl adjacent to an activating group) is 1. The number of aromatic nitrogens is 1. The fraction of sp³-hybridized carbons (Fsp3) is 0.545. The Labute approximate surface area is 111 Å². The summed E-state index contributed by atoms with van der Waals surface area (Å²) in [7, 11) is 3.65. The average Bonchev–Trinajstić information content (AvgIpc) is 2.36. The Morgan fingerprint density at radius 3 is 2.84 bits per heavy atom. The monoisotopic (exact) mass is 269 g/mol. The fourth-order valence-electron chi connectivity index (χ4n) is 1.45. The van der Waals surface area contributed by atoms with Gasteiger partial charge in [-0.3, -0.25) is 10.1 Å². The summed E-state index contributed by atoms with van der Waals surface area (Å²) < 4.78 is 4.97. The molecule has 1 rings (SSSR count). The van der Waals surface area contributed by atoms with Crippen LogP contribution in [0.4, 0.5) is 17.3 Å². The van der Waals surface area contributed by atoms with Crippen molar-refractivity contribution in [2.45, 2.75) is 0 Å². The van der Waals surface area contributed by atoms with Gasteiger partial charge >= 0.3 is 5.69 Å². The lowest BCUT2D eigenvalue weighted by Gasteiger charge is -2.16. The zero-order chi connectivity index (χ0) is 14.3. The number of rotatable bonds is 8. The zero-order valence-electron chi connectivity index (χ0n) is 11.1. The number of nitro groups is 1. The van der Waals surface area contributed by atoms with Crippen molar-refractivity contribution in [1.82, 2.24) is 9.88 Å². The second-order valence-electron chi connectivity index (χ2n) is 4.08. The van der Waals surface area contributed by atoms with E-state index >= 15 is 0 Å². The number of pyridine rings is 1. The summed E-state index contributed by atoms with van der Waals surface area (Å²) in [6.45, 7) is 3.00. The Hall–Kier alpha value is -1.93. The third-order valence-corrected chi connectivity index (χ3v) is 2.58. The van der Waals surface area contributed by atoms with Crippen LogP contribution < -0.4 is 11.1 Å². The molecule has 0 amide bonds. The number of hydrogen-bond donors (Lipinski definition) is 2. The van der Waals surface area contributed by atoms with Crippen LogP contribution in [0.25, 0.3) is 0 Å². The van der Waals surface area contributed by atoms with E-state index in [1.807, 2.05) is 7.05 Å². The molecule has 0 saturated carbocycles. The molecule has 1 aromatic rings. The predicted molar refractivity (Wildman–Crippen MR) is 73.2 cm³/mol. The summed E-state index contributed by atoms with van der Waals surface area (Å²) in [4.78, 5) is 16.1. The van der Waals surface area contributed by atoms with Gasteiger partial charge in [0.25, 0.3) is 0 Å². The number of nitrogens with one attached hydrogen (secondary N) is 1. The molecule has 0 unspecified atom stereocenters. The van der Waals surface area contributed by atoms with Gasteiger partial charge in [-0.25, -0.2) is 4.98 Å². The molecule has 0 aliphatic carbocycles. The summed E-state index contributed by atoms with van der Waals surface area (Å²) >= 11 is 0. The van der Waals surface area contributed by atoms with Gasteiger partial charge in [0.05, 0.1) is 11.5 Å². The molecule has 106 valence electrons. The van der Waals surface area contributed by atoms with Crippen LogP contribution in [-0.2, 0) is 4.74 Å². The molecule has 1 aromatic heterocycles. The highest BCUT2D eigenvalue weighted by Crippen LogP contribution is 2.20. The van der Waals surface area contributed by atoms with Crippen LogP contribution in [0.3, 0.4) is 0 Å². The minimum Gasteiger partial charge on any atom is -0.383 e. The Morgan fingerprint density at radius 2 is 2.26 bits per heavy atom. The third-order valence-electron chi connectivity index (χ3n) is 2.58. The van der Waals surface area contributed by atoms with E-state index in [4.69, 9.17) is 10.5 Å². The number of methoxy groups -OCH3 is 1. The maximum atomic E-state index is 10.6. The van der Waals surface area contributed by atoms with Crippen molar-refractivity contribution in [1.29, 1.82) is 0 Å². The molecule has 0 fully saturated rings. The molecule has 0 aromatic carbocycles. The molecule has 19 heavy (non-hydrogen) atoms. The zero-order valence-corrected chi connectivity index (χ0v) is 11.1. The van der Waals surface area contributed by atoms with E-state index < -0.39 is 4.92 Å². The number of hydrogen-bond acceptors (Lipinski definition) is 7. The topological polar surface area (TPSA) is 107 Å². The van der Waals surface area contributed by atoms with Crippen molar-refractivity contribution in [3.8, 4) is 0 Å². The van der Waals surface area contributed by atoms with Crippen molar-refractivity contribution in [3.63, 3.8) is 0 Å². The van der Waals surface area contributed by atoms with Gasteiger partial charge < -0.3 is 20.7 Å². The fourth-order valence-corrected chi connectivity index (χ4v) is 1.45. The van der Waals surface area contributed by atoms with Gasteiger partial charge in [-0.15, -0.1) is 0 Å². The van der Waals surface area contributed by atoms with Crippen LogP contribution in [-0.4, -0.2) is 55.2 Å². The lowest BCUT2D eigenvalue weighted by Crippen LogP contribution is -2.28. The highest BCUT2D eigenvalue weighted by molar-refractivity contribution is 5.57. The number of nitrogen functional groups attached to an aromatic ring is 1. The molecule has 3 N–H and O–H groups in total. The van der Waals surface area contributed by atoms with Gasteiger partial charge in [0.2, 0.25) is 5.82 Å². The minimum atomic E-state index is -0.551. The molecule has 0 radical (unpaired) electrons. The quantitative estimate of drug-likeness (QED) is 0.524. The maximum absolute atomic E-state index is 10.6. The molecular formula is C11H19N5O3. The Balaban J connectivity index is 2.42. The first-order valence-electron chi connectivity index (χ1n) is 5.87. The largest absolute Gasteiger partial charge is 0.383 e. The van der Waals surface area contributed by atoms with E-state index in [2.05, 4.69) is 15.2 Å². The summed E-state index contributed by atoms with van der Waals surface area (Å²) in [5.74, 6) is 0.450. The van der Waals surface area contributed by atoms with Gasteiger partial charge in [0, 0.05) is 32.8 Å². The molecule has 1 heterocycles. The van der Waals surface area contributed by atoms with E-state index in [0.717, 1.165) is 13.1 Å². The molecule has 0 aliphatic heterocycles. The molecule has 8 nitrogen and oxygen atoms in total. The van der Waals surface area contributed by atoms with Crippen molar-refractivity contribution < 1.29 is 9.66 Å². The van der Waals surface area contributed by atoms with Gasteiger partial charge in [-0.05, 0) is 13.1 Å². The van der Waals surface area contributed by atoms with E-state index in [1.165, 1.54) is 6.07 Å². The predicted octanol–water partition coefficient (Wildman–Crippen LogP) is 0.562. The first kappa shape index (κ1) is 15.1.